The number of carbonyl (C=O) groups is 1. The minimum Gasteiger partial charge on any atom is -0.443 e. The van der Waals surface area contributed by atoms with E-state index in [1.165, 1.54) is 6.42 Å². The number of nitrogens with zero attached hydrogens (tertiary/aromatic N) is 4. The standard InChI is InChI=1S/C7H12N4O2/c8-10-9-6-13-7(12)11-4-2-1-3-5-11/h1-6H2. The molecule has 13 heavy (non-hydrogen) atoms. The van der Waals surface area contributed by atoms with E-state index < -0.39 is 0 Å². The maximum atomic E-state index is 11.2. The quantitative estimate of drug-likeness (QED) is 0.373. The van der Waals surface area contributed by atoms with Crippen LogP contribution in [-0.4, -0.2) is 30.8 Å². The molecule has 1 aliphatic heterocycles. The van der Waals surface area contributed by atoms with Crippen LogP contribution in [0.1, 0.15) is 19.3 Å². The van der Waals surface area contributed by atoms with Crippen LogP contribution < -0.4 is 0 Å². The molecule has 0 atom stereocenters. The number of piperidine rings is 1. The summed E-state index contributed by atoms with van der Waals surface area (Å²) in [6.45, 7) is 1.27. The second-order valence-corrected chi connectivity index (χ2v) is 2.82. The van der Waals surface area contributed by atoms with Crippen molar-refractivity contribution in [1.29, 1.82) is 0 Å². The van der Waals surface area contributed by atoms with Gasteiger partial charge in [-0.25, -0.2) is 4.79 Å². The zero-order valence-electron chi connectivity index (χ0n) is 7.35. The third-order valence-corrected chi connectivity index (χ3v) is 1.92. The highest BCUT2D eigenvalue weighted by Gasteiger charge is 2.16. The maximum absolute atomic E-state index is 11.2. The Labute approximate surface area is 76.1 Å². The third kappa shape index (κ3) is 3.21. The van der Waals surface area contributed by atoms with Crippen molar-refractivity contribution in [2.24, 2.45) is 5.11 Å². The van der Waals surface area contributed by atoms with Crippen molar-refractivity contribution in [3.63, 3.8) is 0 Å². The number of carbonyl (C=O) groups excluding carboxylic acids is 1. The first-order valence-electron chi connectivity index (χ1n) is 4.27. The van der Waals surface area contributed by atoms with Crippen molar-refractivity contribution < 1.29 is 9.53 Å². The fourth-order valence-electron chi connectivity index (χ4n) is 1.28. The molecule has 0 N–H and O–H groups in total. The van der Waals surface area contributed by atoms with Crippen molar-refractivity contribution in [3.05, 3.63) is 10.4 Å². The van der Waals surface area contributed by atoms with Crippen LogP contribution in [0.4, 0.5) is 4.79 Å². The smallest absolute Gasteiger partial charge is 0.409 e. The minimum atomic E-state index is -0.382. The van der Waals surface area contributed by atoms with Crippen molar-refractivity contribution in [2.75, 3.05) is 19.8 Å². The lowest BCUT2D eigenvalue weighted by atomic mass is 10.1. The van der Waals surface area contributed by atoms with Crippen molar-refractivity contribution >= 4 is 6.09 Å². The molecule has 0 spiro atoms. The monoisotopic (exact) mass is 184 g/mol. The van der Waals surface area contributed by atoms with Crippen LogP contribution in [0.15, 0.2) is 5.11 Å². The number of amides is 1. The first-order chi connectivity index (χ1) is 6.34. The molecule has 1 heterocycles. The van der Waals surface area contributed by atoms with Crippen LogP contribution in [0.3, 0.4) is 0 Å². The van der Waals surface area contributed by atoms with Gasteiger partial charge in [0.25, 0.3) is 0 Å². The molecule has 72 valence electrons. The summed E-state index contributed by atoms with van der Waals surface area (Å²) in [6.07, 6.45) is 2.83. The fraction of sp³-hybridized carbons (Fsp3) is 0.857. The molecule has 0 aliphatic carbocycles. The van der Waals surface area contributed by atoms with Crippen molar-refractivity contribution in [1.82, 2.24) is 4.90 Å². The van der Waals surface area contributed by atoms with Crippen molar-refractivity contribution in [3.8, 4) is 0 Å². The first-order valence-corrected chi connectivity index (χ1v) is 4.27. The van der Waals surface area contributed by atoms with E-state index in [1.807, 2.05) is 0 Å². The van der Waals surface area contributed by atoms with E-state index in [2.05, 4.69) is 14.8 Å². The van der Waals surface area contributed by atoms with Gasteiger partial charge in [0.2, 0.25) is 0 Å². The molecule has 1 amide bonds. The van der Waals surface area contributed by atoms with E-state index in [0.29, 0.717) is 0 Å². The summed E-state index contributed by atoms with van der Waals surface area (Å²) in [4.78, 5) is 15.3. The number of ether oxygens (including phenoxy) is 1. The van der Waals surface area contributed by atoms with E-state index in [1.54, 1.807) is 4.90 Å². The van der Waals surface area contributed by atoms with E-state index in [0.717, 1.165) is 25.9 Å². The third-order valence-electron chi connectivity index (χ3n) is 1.92. The van der Waals surface area contributed by atoms with Crippen LogP contribution in [0.25, 0.3) is 10.4 Å². The summed E-state index contributed by atoms with van der Waals surface area (Å²) in [5.74, 6) is 0. The van der Waals surface area contributed by atoms with E-state index in [-0.39, 0.29) is 12.8 Å². The lowest BCUT2D eigenvalue weighted by Gasteiger charge is -2.25. The Hall–Kier alpha value is -1.42. The number of hydrogen-bond donors (Lipinski definition) is 0. The predicted molar refractivity (Wildman–Crippen MR) is 45.9 cm³/mol. The van der Waals surface area contributed by atoms with Gasteiger partial charge in [-0.15, -0.1) is 0 Å². The lowest BCUT2D eigenvalue weighted by Crippen LogP contribution is -2.36. The summed E-state index contributed by atoms with van der Waals surface area (Å²) in [7, 11) is 0. The zero-order valence-corrected chi connectivity index (χ0v) is 7.35. The van der Waals surface area contributed by atoms with Crippen LogP contribution in [0, 0.1) is 0 Å². The van der Waals surface area contributed by atoms with Gasteiger partial charge in [-0.1, -0.05) is 5.11 Å². The molecule has 1 rings (SSSR count). The minimum absolute atomic E-state index is 0.216. The largest absolute Gasteiger partial charge is 0.443 e. The molecule has 1 saturated heterocycles. The summed E-state index contributed by atoms with van der Waals surface area (Å²) < 4.78 is 4.69. The number of likely N-dealkylation sites (tertiary alicyclic amines) is 1. The molecule has 0 aromatic heterocycles. The second kappa shape index (κ2) is 5.27. The van der Waals surface area contributed by atoms with Gasteiger partial charge >= 0.3 is 6.09 Å². The summed E-state index contributed by atoms with van der Waals surface area (Å²) in [5.41, 5.74) is 7.94. The Morgan fingerprint density at radius 3 is 2.77 bits per heavy atom. The molecule has 0 aromatic rings. The van der Waals surface area contributed by atoms with E-state index >= 15 is 0 Å². The Morgan fingerprint density at radius 1 is 1.46 bits per heavy atom. The molecule has 0 aromatic carbocycles. The van der Waals surface area contributed by atoms with E-state index in [9.17, 15) is 4.79 Å². The van der Waals surface area contributed by atoms with E-state index in [4.69, 9.17) is 5.53 Å². The highest BCUT2D eigenvalue weighted by molar-refractivity contribution is 5.67. The Morgan fingerprint density at radius 2 is 2.15 bits per heavy atom. The Balaban J connectivity index is 2.24. The average Bonchev–Trinajstić information content (AvgIpc) is 2.19. The molecule has 1 aliphatic rings. The molecule has 0 saturated carbocycles. The Kier molecular flexibility index (Phi) is 3.92. The molecule has 6 nitrogen and oxygen atoms in total. The first kappa shape index (κ1) is 9.67. The average molecular weight is 184 g/mol. The highest BCUT2D eigenvalue weighted by Crippen LogP contribution is 2.09. The number of rotatable bonds is 2. The molecule has 0 bridgehead atoms. The predicted octanol–water partition coefficient (Wildman–Crippen LogP) is 1.88. The van der Waals surface area contributed by atoms with Gasteiger partial charge in [0, 0.05) is 18.0 Å². The molecular weight excluding hydrogens is 172 g/mol. The van der Waals surface area contributed by atoms with Gasteiger partial charge in [0.1, 0.15) is 0 Å². The van der Waals surface area contributed by atoms with Crippen LogP contribution in [-0.2, 0) is 4.74 Å². The fourth-order valence-corrected chi connectivity index (χ4v) is 1.28. The molecular formula is C7H12N4O2. The lowest BCUT2D eigenvalue weighted by molar-refractivity contribution is 0.0975. The van der Waals surface area contributed by atoms with Gasteiger partial charge < -0.3 is 9.64 Å². The molecule has 1 fully saturated rings. The molecule has 0 unspecified atom stereocenters. The SMILES string of the molecule is [N-]=[N+]=NCOC(=O)N1CCCCC1. The normalized spacial score (nSPS) is 16.2. The highest BCUT2D eigenvalue weighted by atomic mass is 16.6. The summed E-state index contributed by atoms with van der Waals surface area (Å²) in [5, 5.41) is 3.12. The number of azide groups is 1. The van der Waals surface area contributed by atoms with Gasteiger partial charge in [0.15, 0.2) is 6.73 Å². The van der Waals surface area contributed by atoms with Gasteiger partial charge in [0.05, 0.1) is 0 Å². The summed E-state index contributed by atoms with van der Waals surface area (Å²) >= 11 is 0. The van der Waals surface area contributed by atoms with Gasteiger partial charge in [-0.05, 0) is 24.8 Å². The molecule has 0 radical (unpaired) electrons. The molecule has 6 heteroatoms. The zero-order chi connectivity index (χ0) is 9.52. The number of hydrogen-bond acceptors (Lipinski definition) is 3. The van der Waals surface area contributed by atoms with Crippen LogP contribution >= 0.6 is 0 Å². The Bertz CT molecular complexity index is 219. The van der Waals surface area contributed by atoms with Crippen LogP contribution in [0.2, 0.25) is 0 Å². The van der Waals surface area contributed by atoms with Crippen LogP contribution in [0.5, 0.6) is 0 Å². The second-order valence-electron chi connectivity index (χ2n) is 2.82. The van der Waals surface area contributed by atoms with Gasteiger partial charge in [-0.2, -0.15) is 0 Å². The van der Waals surface area contributed by atoms with Gasteiger partial charge in [-0.3, -0.25) is 0 Å². The summed E-state index contributed by atoms with van der Waals surface area (Å²) in [6, 6.07) is 0. The van der Waals surface area contributed by atoms with Crippen molar-refractivity contribution in [2.45, 2.75) is 19.3 Å². The maximum Gasteiger partial charge on any atom is 0.409 e. The topological polar surface area (TPSA) is 78.3 Å².